The van der Waals surface area contributed by atoms with Gasteiger partial charge in [0.05, 0.1) is 0 Å². The molecule has 1 unspecified atom stereocenters. The molecular formula is C13H18O3. The summed E-state index contributed by atoms with van der Waals surface area (Å²) >= 11 is 0. The number of carboxylic acids is 1. The quantitative estimate of drug-likeness (QED) is 0.805. The van der Waals surface area contributed by atoms with Gasteiger partial charge < -0.3 is 9.84 Å². The predicted molar refractivity (Wildman–Crippen MR) is 62.3 cm³/mol. The van der Waals surface area contributed by atoms with Crippen molar-refractivity contribution in [3.8, 4) is 0 Å². The summed E-state index contributed by atoms with van der Waals surface area (Å²) < 4.78 is 5.52. The first-order valence-electron chi connectivity index (χ1n) is 5.60. The Morgan fingerprint density at radius 1 is 1.31 bits per heavy atom. The van der Waals surface area contributed by atoms with Crippen molar-refractivity contribution in [1.82, 2.24) is 0 Å². The van der Waals surface area contributed by atoms with Gasteiger partial charge in [0.25, 0.3) is 0 Å². The van der Waals surface area contributed by atoms with Crippen LogP contribution >= 0.6 is 0 Å². The maximum Gasteiger partial charge on any atom is 0.340 e. The van der Waals surface area contributed by atoms with Crippen LogP contribution in [0.4, 0.5) is 0 Å². The molecule has 0 aromatic heterocycles. The Kier molecular flexibility index (Phi) is 4.50. The smallest absolute Gasteiger partial charge is 0.340 e. The van der Waals surface area contributed by atoms with Gasteiger partial charge in [0.2, 0.25) is 0 Å². The number of hydrogen-bond acceptors (Lipinski definition) is 2. The largest absolute Gasteiger partial charge is 0.479 e. The van der Waals surface area contributed by atoms with Crippen LogP contribution in [0.15, 0.2) is 30.3 Å². The van der Waals surface area contributed by atoms with Crippen LogP contribution in [-0.2, 0) is 15.1 Å². The van der Waals surface area contributed by atoms with Gasteiger partial charge >= 0.3 is 5.97 Å². The molecule has 0 aliphatic heterocycles. The van der Waals surface area contributed by atoms with E-state index in [1.807, 2.05) is 32.0 Å². The van der Waals surface area contributed by atoms with E-state index in [1.54, 1.807) is 12.1 Å². The Morgan fingerprint density at radius 3 is 2.38 bits per heavy atom. The van der Waals surface area contributed by atoms with Crippen LogP contribution in [0.5, 0.6) is 0 Å². The molecule has 88 valence electrons. The minimum absolute atomic E-state index is 0.390. The second-order valence-electron chi connectivity index (χ2n) is 3.68. The van der Waals surface area contributed by atoms with E-state index in [2.05, 4.69) is 0 Å². The summed E-state index contributed by atoms with van der Waals surface area (Å²) in [5, 5.41) is 9.41. The summed E-state index contributed by atoms with van der Waals surface area (Å²) in [6.45, 7) is 4.16. The van der Waals surface area contributed by atoms with Crippen molar-refractivity contribution in [2.45, 2.75) is 32.3 Å². The van der Waals surface area contributed by atoms with E-state index >= 15 is 0 Å². The van der Waals surface area contributed by atoms with Gasteiger partial charge in [-0.15, -0.1) is 0 Å². The Labute approximate surface area is 96.1 Å². The Hall–Kier alpha value is -1.35. The number of carbonyl (C=O) groups is 1. The lowest BCUT2D eigenvalue weighted by Crippen LogP contribution is -2.38. The van der Waals surface area contributed by atoms with E-state index in [9.17, 15) is 9.90 Å². The molecule has 0 bridgehead atoms. The van der Waals surface area contributed by atoms with Gasteiger partial charge in [0, 0.05) is 6.61 Å². The summed E-state index contributed by atoms with van der Waals surface area (Å²) in [5.74, 6) is -0.914. The van der Waals surface area contributed by atoms with Crippen LogP contribution < -0.4 is 0 Å². The van der Waals surface area contributed by atoms with E-state index in [0.29, 0.717) is 18.6 Å². The summed E-state index contributed by atoms with van der Waals surface area (Å²) in [6, 6.07) is 9.15. The molecule has 0 heterocycles. The summed E-state index contributed by atoms with van der Waals surface area (Å²) in [6.07, 6.45) is 1.25. The molecule has 1 N–H and O–H groups in total. The van der Waals surface area contributed by atoms with Crippen LogP contribution in [0.3, 0.4) is 0 Å². The van der Waals surface area contributed by atoms with Crippen LogP contribution in [0.2, 0.25) is 0 Å². The van der Waals surface area contributed by atoms with Crippen molar-refractivity contribution in [1.29, 1.82) is 0 Å². The molecule has 0 radical (unpaired) electrons. The molecule has 0 saturated carbocycles. The van der Waals surface area contributed by atoms with Crippen molar-refractivity contribution in [2.75, 3.05) is 6.61 Å². The van der Waals surface area contributed by atoms with Crippen molar-refractivity contribution in [3.63, 3.8) is 0 Å². The first-order valence-corrected chi connectivity index (χ1v) is 5.60. The minimum atomic E-state index is -1.19. The first kappa shape index (κ1) is 12.7. The molecule has 0 aliphatic carbocycles. The Bertz CT molecular complexity index is 326. The molecule has 1 rings (SSSR count). The lowest BCUT2D eigenvalue weighted by Gasteiger charge is -2.29. The standard InChI is InChI=1S/C13H18O3/c1-3-10-13(12(14)15,16-4-2)11-8-6-5-7-9-11/h5-9H,3-4,10H2,1-2H3,(H,14,15). The molecule has 3 heteroatoms. The van der Waals surface area contributed by atoms with Crippen LogP contribution in [0.25, 0.3) is 0 Å². The number of hydrogen-bond donors (Lipinski definition) is 1. The second-order valence-corrected chi connectivity index (χ2v) is 3.68. The van der Waals surface area contributed by atoms with Crippen molar-refractivity contribution < 1.29 is 14.6 Å². The van der Waals surface area contributed by atoms with Gasteiger partial charge in [-0.25, -0.2) is 4.79 Å². The van der Waals surface area contributed by atoms with Crippen molar-refractivity contribution in [3.05, 3.63) is 35.9 Å². The highest BCUT2D eigenvalue weighted by atomic mass is 16.5. The number of carboxylic acid groups (broad SMARTS) is 1. The Morgan fingerprint density at radius 2 is 1.94 bits per heavy atom. The average Bonchev–Trinajstić information content (AvgIpc) is 2.29. The molecule has 0 saturated heterocycles. The number of rotatable bonds is 6. The summed E-state index contributed by atoms with van der Waals surface area (Å²) in [5.41, 5.74) is -0.476. The normalized spacial score (nSPS) is 14.4. The molecule has 0 fully saturated rings. The third-order valence-corrected chi connectivity index (χ3v) is 2.58. The summed E-state index contributed by atoms with van der Waals surface area (Å²) in [4.78, 5) is 11.5. The third-order valence-electron chi connectivity index (χ3n) is 2.58. The van der Waals surface area contributed by atoms with Crippen LogP contribution in [0, 0.1) is 0 Å². The monoisotopic (exact) mass is 222 g/mol. The molecular weight excluding hydrogens is 204 g/mol. The fourth-order valence-electron chi connectivity index (χ4n) is 1.90. The minimum Gasteiger partial charge on any atom is -0.479 e. The van der Waals surface area contributed by atoms with Crippen molar-refractivity contribution >= 4 is 5.97 Å². The molecule has 0 aliphatic rings. The maximum atomic E-state index is 11.5. The molecule has 1 atom stereocenters. The molecule has 0 amide bonds. The van der Waals surface area contributed by atoms with E-state index in [1.165, 1.54) is 0 Å². The lowest BCUT2D eigenvalue weighted by molar-refractivity contribution is -0.168. The van der Waals surface area contributed by atoms with Gasteiger partial charge in [0.15, 0.2) is 5.60 Å². The molecule has 0 spiro atoms. The zero-order valence-electron chi connectivity index (χ0n) is 9.77. The van der Waals surface area contributed by atoms with Crippen molar-refractivity contribution in [2.24, 2.45) is 0 Å². The average molecular weight is 222 g/mol. The van der Waals surface area contributed by atoms with Gasteiger partial charge in [-0.2, -0.15) is 0 Å². The van der Waals surface area contributed by atoms with Gasteiger partial charge in [-0.3, -0.25) is 0 Å². The highest BCUT2D eigenvalue weighted by Crippen LogP contribution is 2.31. The number of ether oxygens (including phenoxy) is 1. The number of aliphatic carboxylic acids is 1. The third kappa shape index (κ3) is 2.42. The van der Waals surface area contributed by atoms with Crippen LogP contribution in [0.1, 0.15) is 32.3 Å². The van der Waals surface area contributed by atoms with Crippen LogP contribution in [-0.4, -0.2) is 17.7 Å². The maximum absolute atomic E-state index is 11.5. The highest BCUT2D eigenvalue weighted by Gasteiger charge is 2.40. The number of benzene rings is 1. The molecule has 16 heavy (non-hydrogen) atoms. The predicted octanol–water partition coefficient (Wildman–Crippen LogP) is 2.80. The van der Waals surface area contributed by atoms with E-state index < -0.39 is 11.6 Å². The SMILES string of the molecule is CCCC(OCC)(C(=O)O)c1ccccc1. The van der Waals surface area contributed by atoms with Gasteiger partial charge in [-0.1, -0.05) is 43.7 Å². The Balaban J connectivity index is 3.15. The zero-order chi connectivity index (χ0) is 12.0. The van der Waals surface area contributed by atoms with E-state index in [4.69, 9.17) is 4.74 Å². The molecule has 1 aromatic carbocycles. The first-order chi connectivity index (χ1) is 7.67. The zero-order valence-corrected chi connectivity index (χ0v) is 9.77. The second kappa shape index (κ2) is 5.66. The molecule has 1 aromatic rings. The fourth-order valence-corrected chi connectivity index (χ4v) is 1.90. The topological polar surface area (TPSA) is 46.5 Å². The van der Waals surface area contributed by atoms with E-state index in [0.717, 1.165) is 6.42 Å². The van der Waals surface area contributed by atoms with Gasteiger partial charge in [0.1, 0.15) is 0 Å². The highest BCUT2D eigenvalue weighted by molar-refractivity contribution is 5.79. The lowest BCUT2D eigenvalue weighted by atomic mass is 9.89. The molecule has 3 nitrogen and oxygen atoms in total. The summed E-state index contributed by atoms with van der Waals surface area (Å²) in [7, 11) is 0. The van der Waals surface area contributed by atoms with Gasteiger partial charge in [-0.05, 0) is 18.9 Å². The van der Waals surface area contributed by atoms with E-state index in [-0.39, 0.29) is 0 Å². The fraction of sp³-hybridized carbons (Fsp3) is 0.462.